The number of allylic oxidation sites excluding steroid dienone is 6. The van der Waals surface area contributed by atoms with Gasteiger partial charge in [0.25, 0.3) is 0 Å². The Kier molecular flexibility index (Phi) is 3.59. The van der Waals surface area contributed by atoms with Crippen LogP contribution in [0.4, 0.5) is 0 Å². The van der Waals surface area contributed by atoms with Crippen molar-refractivity contribution in [3.8, 4) is 0 Å². The molecule has 0 radical (unpaired) electrons. The fourth-order valence-electron chi connectivity index (χ4n) is 8.07. The van der Waals surface area contributed by atoms with Crippen molar-refractivity contribution in [3.05, 3.63) is 36.5 Å². The first-order valence-electron chi connectivity index (χ1n) is 11.3. The molecule has 0 aliphatic heterocycles. The third-order valence-corrected chi connectivity index (χ3v) is 9.16. The van der Waals surface area contributed by atoms with Crippen LogP contribution in [0.25, 0.3) is 0 Å². The lowest BCUT2D eigenvalue weighted by Crippen LogP contribution is -2.22. The van der Waals surface area contributed by atoms with Crippen molar-refractivity contribution < 1.29 is 0 Å². The van der Waals surface area contributed by atoms with Gasteiger partial charge in [-0.3, -0.25) is 0 Å². The largest absolute Gasteiger partial charge is 0.0851 e. The summed E-state index contributed by atoms with van der Waals surface area (Å²) in [6, 6.07) is 0. The van der Waals surface area contributed by atoms with Crippen molar-refractivity contribution in [2.24, 2.45) is 59.2 Å². The van der Waals surface area contributed by atoms with Crippen molar-refractivity contribution in [1.29, 1.82) is 0 Å². The minimum Gasteiger partial charge on any atom is -0.0851 e. The van der Waals surface area contributed by atoms with Crippen molar-refractivity contribution in [3.63, 3.8) is 0 Å². The van der Waals surface area contributed by atoms with Crippen LogP contribution in [0.3, 0.4) is 0 Å². The summed E-state index contributed by atoms with van der Waals surface area (Å²) in [5, 5.41) is 0. The molecule has 25 heavy (non-hydrogen) atoms. The Labute approximate surface area is 153 Å². The van der Waals surface area contributed by atoms with Gasteiger partial charge in [-0.1, -0.05) is 36.5 Å². The molecule has 0 heteroatoms. The molecule has 6 aliphatic rings. The summed E-state index contributed by atoms with van der Waals surface area (Å²) in [5.74, 6) is 9.82. The lowest BCUT2D eigenvalue weighted by molar-refractivity contribution is 0.214. The number of hydrogen-bond donors (Lipinski definition) is 0. The molecule has 0 spiro atoms. The van der Waals surface area contributed by atoms with Crippen LogP contribution in [0.1, 0.15) is 57.8 Å². The molecular formula is C25H34. The maximum Gasteiger partial charge on any atom is -0.0199 e. The smallest absolute Gasteiger partial charge is 0.0199 e. The zero-order valence-electron chi connectivity index (χ0n) is 15.6. The molecule has 134 valence electrons. The van der Waals surface area contributed by atoms with Crippen molar-refractivity contribution in [2.75, 3.05) is 0 Å². The molecule has 0 nitrogen and oxygen atoms in total. The van der Waals surface area contributed by atoms with Crippen LogP contribution in [0.2, 0.25) is 0 Å². The summed E-state index contributed by atoms with van der Waals surface area (Å²) in [4.78, 5) is 0. The maximum absolute atomic E-state index is 2.58. The average Bonchev–Trinajstić information content (AvgIpc) is 3.40. The van der Waals surface area contributed by atoms with Crippen LogP contribution in [0.5, 0.6) is 0 Å². The molecule has 0 saturated heterocycles. The SMILES string of the molecule is C1=CC2CC1CC2CC(CC1CC2C=CC1C2)CC1CC2C=CC1C2. The molecule has 0 heterocycles. The average molecular weight is 335 g/mol. The summed E-state index contributed by atoms with van der Waals surface area (Å²) in [6.45, 7) is 0. The van der Waals surface area contributed by atoms with E-state index >= 15 is 0 Å². The first-order chi connectivity index (χ1) is 12.3. The lowest BCUT2D eigenvalue weighted by atomic mass is 9.73. The Hall–Kier alpha value is -0.780. The van der Waals surface area contributed by atoms with Crippen molar-refractivity contribution in [1.82, 2.24) is 0 Å². The topological polar surface area (TPSA) is 0 Å². The van der Waals surface area contributed by atoms with E-state index in [2.05, 4.69) is 36.5 Å². The summed E-state index contributed by atoms with van der Waals surface area (Å²) in [6.07, 6.45) is 29.0. The molecule has 0 aromatic heterocycles. The van der Waals surface area contributed by atoms with Crippen LogP contribution in [-0.4, -0.2) is 0 Å². The fourth-order valence-corrected chi connectivity index (χ4v) is 8.07. The van der Waals surface area contributed by atoms with E-state index in [1.807, 2.05) is 0 Å². The summed E-state index contributed by atoms with van der Waals surface area (Å²) >= 11 is 0. The minimum atomic E-state index is 0.950. The van der Waals surface area contributed by atoms with E-state index in [0.29, 0.717) is 0 Å². The van der Waals surface area contributed by atoms with E-state index in [0.717, 1.165) is 59.2 Å². The summed E-state index contributed by atoms with van der Waals surface area (Å²) in [7, 11) is 0. The molecule has 0 aromatic rings. The fraction of sp³-hybridized carbons (Fsp3) is 0.760. The Morgan fingerprint density at radius 1 is 0.480 bits per heavy atom. The quantitative estimate of drug-likeness (QED) is 0.492. The predicted molar refractivity (Wildman–Crippen MR) is 104 cm³/mol. The van der Waals surface area contributed by atoms with Gasteiger partial charge in [0.1, 0.15) is 0 Å². The van der Waals surface area contributed by atoms with Gasteiger partial charge in [-0.2, -0.15) is 0 Å². The number of hydrogen-bond acceptors (Lipinski definition) is 0. The van der Waals surface area contributed by atoms with Gasteiger partial charge < -0.3 is 0 Å². The van der Waals surface area contributed by atoms with Crippen LogP contribution >= 0.6 is 0 Å². The zero-order valence-corrected chi connectivity index (χ0v) is 15.6. The van der Waals surface area contributed by atoms with Crippen molar-refractivity contribution >= 4 is 0 Å². The highest BCUT2D eigenvalue weighted by Gasteiger charge is 2.42. The molecule has 3 saturated carbocycles. The molecule has 9 unspecified atom stereocenters. The molecule has 6 aliphatic carbocycles. The third-order valence-electron chi connectivity index (χ3n) is 9.16. The molecule has 6 rings (SSSR count). The molecule has 9 atom stereocenters. The first kappa shape index (κ1) is 15.3. The Morgan fingerprint density at radius 2 is 0.840 bits per heavy atom. The van der Waals surface area contributed by atoms with Gasteiger partial charge in [0.2, 0.25) is 0 Å². The van der Waals surface area contributed by atoms with Gasteiger partial charge in [0.05, 0.1) is 0 Å². The highest BCUT2D eigenvalue weighted by molar-refractivity contribution is 5.13. The molecule has 0 aromatic carbocycles. The van der Waals surface area contributed by atoms with Crippen LogP contribution in [-0.2, 0) is 0 Å². The predicted octanol–water partition coefficient (Wildman–Crippen LogP) is 6.41. The molecular weight excluding hydrogens is 300 g/mol. The Balaban J connectivity index is 1.15. The molecule has 0 N–H and O–H groups in total. The van der Waals surface area contributed by atoms with E-state index in [4.69, 9.17) is 0 Å². The second-order valence-electron chi connectivity index (χ2n) is 10.7. The van der Waals surface area contributed by atoms with Gasteiger partial charge in [-0.15, -0.1) is 0 Å². The van der Waals surface area contributed by atoms with E-state index < -0.39 is 0 Å². The zero-order chi connectivity index (χ0) is 16.4. The normalized spacial score (nSPS) is 52.1. The van der Waals surface area contributed by atoms with Crippen LogP contribution in [0, 0.1) is 59.2 Å². The minimum absolute atomic E-state index is 0.950. The van der Waals surface area contributed by atoms with Gasteiger partial charge in [-0.05, 0) is 117 Å². The van der Waals surface area contributed by atoms with E-state index in [9.17, 15) is 0 Å². The van der Waals surface area contributed by atoms with Gasteiger partial charge in [0, 0.05) is 0 Å². The van der Waals surface area contributed by atoms with Gasteiger partial charge in [-0.25, -0.2) is 0 Å². The Bertz CT molecular complexity index is 524. The lowest BCUT2D eigenvalue weighted by Gasteiger charge is -2.32. The van der Waals surface area contributed by atoms with Gasteiger partial charge in [0.15, 0.2) is 0 Å². The molecule has 0 amide bonds. The summed E-state index contributed by atoms with van der Waals surface area (Å²) in [5.41, 5.74) is 0. The van der Waals surface area contributed by atoms with Gasteiger partial charge >= 0.3 is 0 Å². The molecule has 6 bridgehead atoms. The van der Waals surface area contributed by atoms with Crippen LogP contribution in [0.15, 0.2) is 36.5 Å². The highest BCUT2D eigenvalue weighted by atomic mass is 14.5. The third kappa shape index (κ3) is 2.70. The molecule has 3 fully saturated rings. The maximum atomic E-state index is 2.58. The van der Waals surface area contributed by atoms with Crippen LogP contribution < -0.4 is 0 Å². The van der Waals surface area contributed by atoms with E-state index in [1.165, 1.54) is 38.5 Å². The first-order valence-corrected chi connectivity index (χ1v) is 11.3. The Morgan fingerprint density at radius 3 is 1.08 bits per heavy atom. The second kappa shape index (κ2) is 5.86. The summed E-state index contributed by atoms with van der Waals surface area (Å²) < 4.78 is 0. The monoisotopic (exact) mass is 334 g/mol. The van der Waals surface area contributed by atoms with E-state index in [-0.39, 0.29) is 0 Å². The number of rotatable bonds is 6. The van der Waals surface area contributed by atoms with Crippen molar-refractivity contribution in [2.45, 2.75) is 57.8 Å². The van der Waals surface area contributed by atoms with E-state index in [1.54, 1.807) is 19.3 Å². The number of fused-ring (bicyclic) bond motifs is 6. The second-order valence-corrected chi connectivity index (χ2v) is 10.7. The standard InChI is InChI=1S/C25H34/c1-4-20-7-16(1)10-23(20)13-19(14-24-11-17-2-5-21(24)8-17)15-25-12-18-3-6-22(25)9-18/h1-6,16-25H,7-15H2. The highest BCUT2D eigenvalue weighted by Crippen LogP contribution is 2.53.